The van der Waals surface area contributed by atoms with Crippen LogP contribution < -0.4 is 10.2 Å². The van der Waals surface area contributed by atoms with Gasteiger partial charge in [-0.15, -0.1) is 0 Å². The molecule has 0 aliphatic carbocycles. The molecule has 0 saturated carbocycles. The molecule has 1 unspecified atom stereocenters. The van der Waals surface area contributed by atoms with E-state index in [0.717, 1.165) is 55.5 Å². The fourth-order valence-corrected chi connectivity index (χ4v) is 4.50. The lowest BCUT2D eigenvalue weighted by molar-refractivity contribution is 0.0929. The first-order valence-electron chi connectivity index (χ1n) is 11.9. The zero-order chi connectivity index (χ0) is 24.0. The Labute approximate surface area is 205 Å². The number of benzene rings is 2. The van der Waals surface area contributed by atoms with Crippen molar-refractivity contribution in [3.05, 3.63) is 84.7 Å². The van der Waals surface area contributed by atoms with Crippen molar-refractivity contribution in [2.45, 2.75) is 13.0 Å². The summed E-state index contributed by atoms with van der Waals surface area (Å²) in [6.45, 7) is 6.35. The number of aromatic amines is 1. The molecule has 2 N–H and O–H groups in total. The van der Waals surface area contributed by atoms with Crippen LogP contribution in [0.3, 0.4) is 0 Å². The topological polar surface area (TPSA) is 90.0 Å². The number of rotatable bonds is 7. The Bertz CT molecular complexity index is 1180. The van der Waals surface area contributed by atoms with Crippen LogP contribution in [0.5, 0.6) is 0 Å². The van der Waals surface area contributed by atoms with Gasteiger partial charge in [-0.1, -0.05) is 60.7 Å². The third-order valence-electron chi connectivity index (χ3n) is 6.22. The van der Waals surface area contributed by atoms with Gasteiger partial charge in [-0.3, -0.25) is 14.8 Å². The Kier molecular flexibility index (Phi) is 6.81. The molecule has 1 atom stereocenters. The summed E-state index contributed by atoms with van der Waals surface area (Å²) in [5, 5.41) is 10.9. The number of anilines is 1. The highest BCUT2D eigenvalue weighted by atomic mass is 16.1. The van der Waals surface area contributed by atoms with E-state index in [1.165, 1.54) is 0 Å². The summed E-state index contributed by atoms with van der Waals surface area (Å²) >= 11 is 0. The van der Waals surface area contributed by atoms with Crippen molar-refractivity contribution < 1.29 is 4.79 Å². The van der Waals surface area contributed by atoms with Gasteiger partial charge in [0.15, 0.2) is 0 Å². The Morgan fingerprint density at radius 2 is 1.54 bits per heavy atom. The second-order valence-corrected chi connectivity index (χ2v) is 8.77. The SMILES string of the molecule is CC(CN1CCN(c2ncccn2)CC1)NC(=O)c1c(-c2ccccc2)n[nH]c1-c1ccccc1. The van der Waals surface area contributed by atoms with E-state index < -0.39 is 0 Å². The molecular weight excluding hydrogens is 438 g/mol. The third-order valence-corrected chi connectivity index (χ3v) is 6.22. The van der Waals surface area contributed by atoms with Crippen LogP contribution in [0.1, 0.15) is 17.3 Å². The maximum atomic E-state index is 13.6. The molecule has 0 bridgehead atoms. The lowest BCUT2D eigenvalue weighted by Gasteiger charge is -2.35. The minimum absolute atomic E-state index is 0.0239. The minimum atomic E-state index is -0.125. The molecule has 1 fully saturated rings. The molecule has 178 valence electrons. The van der Waals surface area contributed by atoms with Gasteiger partial charge in [-0.2, -0.15) is 5.10 Å². The fourth-order valence-electron chi connectivity index (χ4n) is 4.50. The van der Waals surface area contributed by atoms with Gasteiger partial charge < -0.3 is 10.2 Å². The summed E-state index contributed by atoms with van der Waals surface area (Å²) in [5.41, 5.74) is 3.79. The van der Waals surface area contributed by atoms with Crippen molar-refractivity contribution in [1.29, 1.82) is 0 Å². The molecule has 8 nitrogen and oxygen atoms in total. The van der Waals surface area contributed by atoms with Crippen molar-refractivity contribution in [1.82, 2.24) is 30.4 Å². The van der Waals surface area contributed by atoms with Gasteiger partial charge in [-0.25, -0.2) is 9.97 Å². The minimum Gasteiger partial charge on any atom is -0.348 e. The summed E-state index contributed by atoms with van der Waals surface area (Å²) in [6.07, 6.45) is 3.55. The van der Waals surface area contributed by atoms with Crippen molar-refractivity contribution in [2.75, 3.05) is 37.6 Å². The number of nitrogens with one attached hydrogen (secondary N) is 2. The van der Waals surface area contributed by atoms with Gasteiger partial charge >= 0.3 is 0 Å². The monoisotopic (exact) mass is 467 g/mol. The van der Waals surface area contributed by atoms with E-state index in [-0.39, 0.29) is 11.9 Å². The molecule has 1 aliphatic heterocycles. The predicted octanol–water partition coefficient (Wildman–Crippen LogP) is 3.47. The average Bonchev–Trinajstić information content (AvgIpc) is 3.36. The number of hydrogen-bond acceptors (Lipinski definition) is 6. The zero-order valence-electron chi connectivity index (χ0n) is 19.8. The Hall–Kier alpha value is -4.04. The molecule has 2 aromatic heterocycles. The van der Waals surface area contributed by atoms with Crippen molar-refractivity contribution in [2.24, 2.45) is 0 Å². The van der Waals surface area contributed by atoms with Gasteiger partial charge in [0.05, 0.1) is 11.3 Å². The standard InChI is InChI=1S/C27H29N7O/c1-20(19-33-15-17-34(18-16-33)27-28-13-8-14-29-27)30-26(35)23-24(21-9-4-2-5-10-21)31-32-25(23)22-11-6-3-7-12-22/h2-14,20H,15-19H2,1H3,(H,30,35)(H,31,32). The Morgan fingerprint density at radius 1 is 0.914 bits per heavy atom. The number of H-pyrrole nitrogens is 1. The van der Waals surface area contributed by atoms with Crippen LogP contribution in [0.4, 0.5) is 5.95 Å². The van der Waals surface area contributed by atoms with Crippen molar-refractivity contribution in [3.63, 3.8) is 0 Å². The normalized spacial score (nSPS) is 15.1. The first-order chi connectivity index (χ1) is 17.2. The van der Waals surface area contributed by atoms with E-state index in [9.17, 15) is 4.79 Å². The molecule has 1 amide bonds. The van der Waals surface area contributed by atoms with Gasteiger partial charge in [0.25, 0.3) is 5.91 Å². The van der Waals surface area contributed by atoms with E-state index in [4.69, 9.17) is 0 Å². The number of carbonyl (C=O) groups excluding carboxylic acids is 1. The van der Waals surface area contributed by atoms with E-state index in [2.05, 4.69) is 42.2 Å². The van der Waals surface area contributed by atoms with E-state index in [0.29, 0.717) is 11.3 Å². The van der Waals surface area contributed by atoms with E-state index in [1.807, 2.05) is 66.7 Å². The van der Waals surface area contributed by atoms with Crippen LogP contribution in [-0.2, 0) is 0 Å². The maximum absolute atomic E-state index is 13.6. The highest BCUT2D eigenvalue weighted by Crippen LogP contribution is 2.30. The molecule has 0 spiro atoms. The summed E-state index contributed by atoms with van der Waals surface area (Å²) in [7, 11) is 0. The summed E-state index contributed by atoms with van der Waals surface area (Å²) < 4.78 is 0. The lowest BCUT2D eigenvalue weighted by Crippen LogP contribution is -2.51. The van der Waals surface area contributed by atoms with Crippen LogP contribution in [0.25, 0.3) is 22.5 Å². The number of aromatic nitrogens is 4. The van der Waals surface area contributed by atoms with Crippen LogP contribution in [-0.4, -0.2) is 69.7 Å². The van der Waals surface area contributed by atoms with Crippen LogP contribution in [0.2, 0.25) is 0 Å². The number of hydrogen-bond donors (Lipinski definition) is 2. The van der Waals surface area contributed by atoms with Gasteiger partial charge in [0, 0.05) is 62.3 Å². The molecule has 2 aromatic carbocycles. The maximum Gasteiger partial charge on any atom is 0.256 e. The highest BCUT2D eigenvalue weighted by Gasteiger charge is 2.25. The van der Waals surface area contributed by atoms with E-state index >= 15 is 0 Å². The smallest absolute Gasteiger partial charge is 0.256 e. The van der Waals surface area contributed by atoms with E-state index in [1.54, 1.807) is 12.4 Å². The Balaban J connectivity index is 1.28. The summed E-state index contributed by atoms with van der Waals surface area (Å²) in [6, 6.07) is 21.5. The molecular formula is C27H29N7O. The summed E-state index contributed by atoms with van der Waals surface area (Å²) in [4.78, 5) is 26.8. The number of nitrogens with zero attached hydrogens (tertiary/aromatic N) is 5. The molecule has 1 aliphatic rings. The largest absolute Gasteiger partial charge is 0.348 e. The summed E-state index contributed by atoms with van der Waals surface area (Å²) in [5.74, 6) is 0.649. The lowest BCUT2D eigenvalue weighted by atomic mass is 10.0. The second kappa shape index (κ2) is 10.5. The van der Waals surface area contributed by atoms with Crippen molar-refractivity contribution >= 4 is 11.9 Å². The predicted molar refractivity (Wildman–Crippen MR) is 137 cm³/mol. The first kappa shape index (κ1) is 22.7. The molecule has 8 heteroatoms. The van der Waals surface area contributed by atoms with Gasteiger partial charge in [0.1, 0.15) is 5.69 Å². The first-order valence-corrected chi connectivity index (χ1v) is 11.9. The third kappa shape index (κ3) is 5.22. The zero-order valence-corrected chi connectivity index (χ0v) is 19.8. The molecule has 3 heterocycles. The molecule has 35 heavy (non-hydrogen) atoms. The Morgan fingerprint density at radius 3 is 2.20 bits per heavy atom. The van der Waals surface area contributed by atoms with Gasteiger partial charge in [-0.05, 0) is 13.0 Å². The highest BCUT2D eigenvalue weighted by molar-refractivity contribution is 6.05. The second-order valence-electron chi connectivity index (χ2n) is 8.77. The molecule has 1 saturated heterocycles. The van der Waals surface area contributed by atoms with Gasteiger partial charge in [0.2, 0.25) is 5.95 Å². The van der Waals surface area contributed by atoms with Crippen LogP contribution in [0, 0.1) is 0 Å². The molecule has 4 aromatic rings. The quantitative estimate of drug-likeness (QED) is 0.433. The average molecular weight is 468 g/mol. The molecule has 5 rings (SSSR count). The van der Waals surface area contributed by atoms with Crippen LogP contribution in [0.15, 0.2) is 79.1 Å². The number of amides is 1. The van der Waals surface area contributed by atoms with Crippen molar-refractivity contribution in [3.8, 4) is 22.5 Å². The number of carbonyl (C=O) groups is 1. The fraction of sp³-hybridized carbons (Fsp3) is 0.259. The number of piperazine rings is 1. The molecule has 0 radical (unpaired) electrons. The van der Waals surface area contributed by atoms with Crippen LogP contribution >= 0.6 is 0 Å².